The summed E-state index contributed by atoms with van der Waals surface area (Å²) in [7, 11) is 1.81. The van der Waals surface area contributed by atoms with Crippen LogP contribution < -0.4 is 0 Å². The van der Waals surface area contributed by atoms with Gasteiger partial charge >= 0.3 is 0 Å². The molecule has 1 heterocycles. The highest BCUT2D eigenvalue weighted by molar-refractivity contribution is 8.20. The zero-order valence-electron chi connectivity index (χ0n) is 18.3. The van der Waals surface area contributed by atoms with Crippen molar-refractivity contribution in [1.82, 2.24) is 0 Å². The Bertz CT molecular complexity index is 595. The number of hydrogen-bond acceptors (Lipinski definition) is 3. The van der Waals surface area contributed by atoms with E-state index in [0.29, 0.717) is 27.6 Å². The molecule has 0 N–H and O–H groups in total. The Morgan fingerprint density at radius 1 is 0.852 bits per heavy atom. The van der Waals surface area contributed by atoms with Crippen molar-refractivity contribution in [2.45, 2.75) is 77.7 Å². The average molecular weight is 409 g/mol. The summed E-state index contributed by atoms with van der Waals surface area (Å²) in [6.07, 6.45) is 13.0. The van der Waals surface area contributed by atoms with Crippen molar-refractivity contribution >= 4 is 23.5 Å². The minimum absolute atomic E-state index is 0.389. The highest BCUT2D eigenvalue weighted by Gasteiger charge is 2.68. The summed E-state index contributed by atoms with van der Waals surface area (Å²) in [5.74, 6) is 5.05. The van der Waals surface area contributed by atoms with Crippen LogP contribution in [0.4, 0.5) is 0 Å². The number of thioether (sulfide) groups is 2. The summed E-state index contributed by atoms with van der Waals surface area (Å²) in [6, 6.07) is 0. The van der Waals surface area contributed by atoms with Crippen molar-refractivity contribution in [1.29, 1.82) is 0 Å². The molecule has 6 atom stereocenters. The fourth-order valence-electron chi connectivity index (χ4n) is 8.42. The molecule has 3 aliphatic carbocycles. The number of allylic oxidation sites excluding steroid dienone is 1. The molecule has 0 aromatic rings. The van der Waals surface area contributed by atoms with Gasteiger partial charge in [-0.1, -0.05) is 41.0 Å². The molecule has 4 fully saturated rings. The first-order chi connectivity index (χ1) is 12.7. The van der Waals surface area contributed by atoms with Gasteiger partial charge in [0.25, 0.3) is 0 Å². The minimum Gasteiger partial charge on any atom is -0.505 e. The maximum atomic E-state index is 5.46. The summed E-state index contributed by atoms with van der Waals surface area (Å²) in [5, 5.41) is 0. The molecule has 0 amide bonds. The largest absolute Gasteiger partial charge is 0.505 e. The molecule has 1 nitrogen and oxygen atoms in total. The van der Waals surface area contributed by atoms with Crippen molar-refractivity contribution in [2.75, 3.05) is 18.6 Å². The lowest BCUT2D eigenvalue weighted by Crippen LogP contribution is -2.54. The molecular weight excluding hydrogens is 368 g/mol. The number of fused-ring (bicyclic) bond motifs is 3. The van der Waals surface area contributed by atoms with E-state index < -0.39 is 0 Å². The lowest BCUT2D eigenvalue weighted by molar-refractivity contribution is -0.122. The first-order valence-corrected chi connectivity index (χ1v) is 13.2. The van der Waals surface area contributed by atoms with Crippen LogP contribution in [0.3, 0.4) is 0 Å². The van der Waals surface area contributed by atoms with E-state index in [9.17, 15) is 0 Å². The predicted molar refractivity (Wildman–Crippen MR) is 121 cm³/mol. The standard InChI is InChI=1S/C24H40OS2/c1-21(2)10-7-11-22(3)17(21)8-12-23(4)18(9-13-25-6)24(5,16-19(22)23)20-26-14-15-27-20/h9,13,17-20H,7-8,10-12,14-16H2,1-6H3/b13-9-/t17-,18-,19+,22-,23-,24-/m0/s1. The van der Waals surface area contributed by atoms with Crippen LogP contribution in [-0.2, 0) is 4.74 Å². The van der Waals surface area contributed by atoms with E-state index in [4.69, 9.17) is 4.74 Å². The highest BCUT2D eigenvalue weighted by Crippen LogP contribution is 2.75. The topological polar surface area (TPSA) is 9.23 Å². The zero-order chi connectivity index (χ0) is 19.5. The second kappa shape index (κ2) is 6.89. The smallest absolute Gasteiger partial charge is 0.0787 e. The summed E-state index contributed by atoms with van der Waals surface area (Å²) >= 11 is 4.47. The number of ether oxygens (including phenoxy) is 1. The van der Waals surface area contributed by atoms with Gasteiger partial charge in [0.2, 0.25) is 0 Å². The van der Waals surface area contributed by atoms with Crippen molar-refractivity contribution in [3.05, 3.63) is 12.3 Å². The van der Waals surface area contributed by atoms with Crippen LogP contribution in [0.2, 0.25) is 0 Å². The van der Waals surface area contributed by atoms with E-state index in [1.165, 1.54) is 50.0 Å². The third kappa shape index (κ3) is 2.95. The van der Waals surface area contributed by atoms with Crippen LogP contribution in [0.5, 0.6) is 0 Å². The number of methoxy groups -OCH3 is 1. The van der Waals surface area contributed by atoms with Crippen LogP contribution in [0.15, 0.2) is 12.3 Å². The Morgan fingerprint density at radius 3 is 2.22 bits per heavy atom. The van der Waals surface area contributed by atoms with Gasteiger partial charge in [-0.3, -0.25) is 0 Å². The second-order valence-electron chi connectivity index (χ2n) is 11.3. The first-order valence-electron chi connectivity index (χ1n) is 11.1. The second-order valence-corrected chi connectivity index (χ2v) is 14.0. The molecule has 1 saturated heterocycles. The van der Waals surface area contributed by atoms with Gasteiger partial charge in [-0.25, -0.2) is 0 Å². The van der Waals surface area contributed by atoms with Crippen LogP contribution in [0, 0.1) is 39.4 Å². The van der Waals surface area contributed by atoms with E-state index in [1.54, 1.807) is 0 Å². The summed E-state index contributed by atoms with van der Waals surface area (Å²) in [4.78, 5) is 0. The van der Waals surface area contributed by atoms with E-state index >= 15 is 0 Å². The molecule has 0 unspecified atom stereocenters. The van der Waals surface area contributed by atoms with Crippen LogP contribution in [0.1, 0.15) is 73.1 Å². The van der Waals surface area contributed by atoms with Gasteiger partial charge in [-0.05, 0) is 77.6 Å². The van der Waals surface area contributed by atoms with E-state index in [-0.39, 0.29) is 0 Å². The molecule has 0 aromatic carbocycles. The highest BCUT2D eigenvalue weighted by atomic mass is 32.2. The van der Waals surface area contributed by atoms with Gasteiger partial charge < -0.3 is 4.74 Å². The monoisotopic (exact) mass is 408 g/mol. The first kappa shape index (κ1) is 20.5. The lowest BCUT2D eigenvalue weighted by Gasteiger charge is -2.61. The Balaban J connectivity index is 1.76. The SMILES string of the molecule is CO/C=C\[C@H]1[C@]2(C)CC[C@H]3C(C)(C)CCC[C@]3(C)[C@H]2C[C@]1(C)C1SCCS1. The normalized spacial score (nSPS) is 49.9. The van der Waals surface area contributed by atoms with E-state index in [1.807, 2.05) is 13.4 Å². The Hall–Kier alpha value is 0.240. The minimum atomic E-state index is 0.389. The van der Waals surface area contributed by atoms with Gasteiger partial charge in [-0.15, -0.1) is 23.5 Å². The van der Waals surface area contributed by atoms with E-state index in [2.05, 4.69) is 64.2 Å². The average Bonchev–Trinajstić information content (AvgIpc) is 3.19. The zero-order valence-corrected chi connectivity index (χ0v) is 20.0. The Kier molecular flexibility index (Phi) is 5.24. The molecule has 4 rings (SSSR count). The van der Waals surface area contributed by atoms with Gasteiger partial charge in [0.05, 0.1) is 18.0 Å². The molecule has 0 spiro atoms. The van der Waals surface area contributed by atoms with Crippen molar-refractivity contribution in [3.8, 4) is 0 Å². The molecule has 27 heavy (non-hydrogen) atoms. The summed E-state index contributed by atoms with van der Waals surface area (Å²) < 4.78 is 6.21. The molecule has 4 aliphatic rings. The van der Waals surface area contributed by atoms with Gasteiger partial charge in [0, 0.05) is 11.5 Å². The van der Waals surface area contributed by atoms with Crippen LogP contribution in [-0.4, -0.2) is 23.2 Å². The Morgan fingerprint density at radius 2 is 1.56 bits per heavy atom. The van der Waals surface area contributed by atoms with Gasteiger partial charge in [-0.2, -0.15) is 0 Å². The maximum absolute atomic E-state index is 5.46. The van der Waals surface area contributed by atoms with Crippen molar-refractivity contribution in [3.63, 3.8) is 0 Å². The predicted octanol–water partition coefficient (Wildman–Crippen LogP) is 7.23. The maximum Gasteiger partial charge on any atom is 0.0787 e. The fourth-order valence-corrected chi connectivity index (χ4v) is 11.8. The number of rotatable bonds is 3. The Labute approximate surface area is 176 Å². The molecule has 3 saturated carbocycles. The van der Waals surface area contributed by atoms with Crippen LogP contribution >= 0.6 is 23.5 Å². The molecular formula is C24H40OS2. The molecule has 0 bridgehead atoms. The van der Waals surface area contributed by atoms with Crippen molar-refractivity contribution in [2.24, 2.45) is 39.4 Å². The lowest BCUT2D eigenvalue weighted by atomic mass is 9.43. The fraction of sp³-hybridized carbons (Fsp3) is 0.917. The third-order valence-corrected chi connectivity index (χ3v) is 13.1. The van der Waals surface area contributed by atoms with Gasteiger partial charge in [0.1, 0.15) is 0 Å². The third-order valence-electron chi connectivity index (χ3n) is 9.47. The van der Waals surface area contributed by atoms with Crippen LogP contribution in [0.25, 0.3) is 0 Å². The van der Waals surface area contributed by atoms with E-state index in [0.717, 1.165) is 16.4 Å². The molecule has 0 aromatic heterocycles. The molecule has 3 heteroatoms. The summed E-state index contributed by atoms with van der Waals surface area (Å²) in [6.45, 7) is 13.1. The molecule has 154 valence electrons. The molecule has 1 aliphatic heterocycles. The molecule has 0 radical (unpaired) electrons. The summed E-state index contributed by atoms with van der Waals surface area (Å²) in [5.41, 5.74) is 1.84. The van der Waals surface area contributed by atoms with Crippen molar-refractivity contribution < 1.29 is 4.74 Å². The quantitative estimate of drug-likeness (QED) is 0.456. The number of hydrogen-bond donors (Lipinski definition) is 0. The van der Waals surface area contributed by atoms with Gasteiger partial charge in [0.15, 0.2) is 0 Å².